The van der Waals surface area contributed by atoms with E-state index in [9.17, 15) is 15.0 Å². The maximum Gasteiger partial charge on any atom is 0.327 e. The quantitative estimate of drug-likeness (QED) is 0.739. The first-order valence-electron chi connectivity index (χ1n) is 5.54. The van der Waals surface area contributed by atoms with E-state index in [0.29, 0.717) is 19.3 Å². The Labute approximate surface area is 90.9 Å². The van der Waals surface area contributed by atoms with Gasteiger partial charge in [0.15, 0.2) is 0 Å². The van der Waals surface area contributed by atoms with Crippen molar-refractivity contribution in [3.05, 3.63) is 0 Å². The zero-order valence-corrected chi connectivity index (χ0v) is 9.79. The molecule has 4 nitrogen and oxygen atoms in total. The summed E-state index contributed by atoms with van der Waals surface area (Å²) in [5.41, 5.74) is -2.21. The molecule has 0 radical (unpaired) electrons. The van der Waals surface area contributed by atoms with Crippen LogP contribution in [0.15, 0.2) is 0 Å². The monoisotopic (exact) mass is 215 g/mol. The van der Waals surface area contributed by atoms with Crippen molar-refractivity contribution in [3.8, 4) is 0 Å². The van der Waals surface area contributed by atoms with E-state index >= 15 is 0 Å². The molecule has 0 spiro atoms. The van der Waals surface area contributed by atoms with Crippen LogP contribution in [0.3, 0.4) is 0 Å². The molecule has 1 saturated carbocycles. The molecule has 2 atom stereocenters. The zero-order chi connectivity index (χ0) is 11.7. The summed E-state index contributed by atoms with van der Waals surface area (Å²) < 4.78 is 0. The zero-order valence-electron chi connectivity index (χ0n) is 9.79. The molecule has 1 fully saturated rings. The highest BCUT2D eigenvalue weighted by molar-refractivity contribution is 5.81. The number of carbonyl (C=O) groups is 1. The van der Waals surface area contributed by atoms with Crippen molar-refractivity contribution in [1.29, 1.82) is 0 Å². The number of hydrogen-bond donors (Lipinski definition) is 2. The number of likely N-dealkylation sites (N-methyl/N-ethyl adjacent to an activating group) is 1. The van der Waals surface area contributed by atoms with Gasteiger partial charge >= 0.3 is 5.97 Å². The van der Waals surface area contributed by atoms with Crippen molar-refractivity contribution < 1.29 is 15.0 Å². The molecule has 0 unspecified atom stereocenters. The van der Waals surface area contributed by atoms with Gasteiger partial charge < -0.3 is 10.2 Å². The minimum Gasteiger partial charge on any atom is -0.480 e. The predicted octanol–water partition coefficient (Wildman–Crippen LogP) is 1.09. The Hall–Kier alpha value is -0.610. The summed E-state index contributed by atoms with van der Waals surface area (Å²) in [4.78, 5) is 13.2. The Morgan fingerprint density at radius 1 is 1.33 bits per heavy atom. The van der Waals surface area contributed by atoms with Crippen molar-refractivity contribution in [2.75, 3.05) is 14.1 Å². The molecule has 2 N–H and O–H groups in total. The maximum atomic E-state index is 11.5. The number of aliphatic carboxylic acids is 1. The highest BCUT2D eigenvalue weighted by atomic mass is 16.4. The van der Waals surface area contributed by atoms with Gasteiger partial charge in [0.05, 0.1) is 5.60 Å². The van der Waals surface area contributed by atoms with Crippen LogP contribution in [0.5, 0.6) is 0 Å². The molecule has 88 valence electrons. The van der Waals surface area contributed by atoms with Gasteiger partial charge in [-0.3, -0.25) is 9.69 Å². The van der Waals surface area contributed by atoms with Crippen LogP contribution in [0.1, 0.15) is 39.0 Å². The van der Waals surface area contributed by atoms with Gasteiger partial charge in [0.1, 0.15) is 5.54 Å². The molecule has 0 aromatic carbocycles. The first kappa shape index (κ1) is 12.5. The molecule has 0 saturated heterocycles. The van der Waals surface area contributed by atoms with Crippen LogP contribution in [0, 0.1) is 0 Å². The first-order chi connectivity index (χ1) is 6.90. The van der Waals surface area contributed by atoms with E-state index in [4.69, 9.17) is 0 Å². The molecular formula is C11H21NO3. The SMILES string of the molecule is CC[C@]1(O)CCCC[C@]1(C(=O)O)N(C)C. The Kier molecular flexibility index (Phi) is 3.41. The lowest BCUT2D eigenvalue weighted by Crippen LogP contribution is -2.68. The standard InChI is InChI=1S/C11H21NO3/c1-4-10(15)7-5-6-8-11(10,9(13)14)12(2)3/h15H,4-8H2,1-3H3,(H,13,14)/t10-,11+/m0/s1. The van der Waals surface area contributed by atoms with E-state index < -0.39 is 17.1 Å². The van der Waals surface area contributed by atoms with E-state index in [0.717, 1.165) is 12.8 Å². The second-order valence-corrected chi connectivity index (χ2v) is 4.65. The largest absolute Gasteiger partial charge is 0.480 e. The van der Waals surface area contributed by atoms with Crippen LogP contribution in [0.2, 0.25) is 0 Å². The van der Waals surface area contributed by atoms with Crippen molar-refractivity contribution in [1.82, 2.24) is 4.90 Å². The number of hydrogen-bond acceptors (Lipinski definition) is 3. The van der Waals surface area contributed by atoms with Gasteiger partial charge in [-0.05, 0) is 33.4 Å². The fourth-order valence-corrected chi connectivity index (χ4v) is 2.84. The molecule has 0 heterocycles. The van der Waals surface area contributed by atoms with Gasteiger partial charge in [0, 0.05) is 0 Å². The van der Waals surface area contributed by atoms with E-state index in [2.05, 4.69) is 0 Å². The minimum absolute atomic E-state index is 0.484. The topological polar surface area (TPSA) is 60.8 Å². The summed E-state index contributed by atoms with van der Waals surface area (Å²) in [5.74, 6) is -0.906. The van der Waals surface area contributed by atoms with E-state index in [1.54, 1.807) is 19.0 Å². The average molecular weight is 215 g/mol. The Morgan fingerprint density at radius 2 is 1.87 bits per heavy atom. The van der Waals surface area contributed by atoms with Crippen molar-refractivity contribution in [2.45, 2.75) is 50.2 Å². The summed E-state index contributed by atoms with van der Waals surface area (Å²) >= 11 is 0. The van der Waals surface area contributed by atoms with Crippen LogP contribution in [-0.2, 0) is 4.79 Å². The number of rotatable bonds is 3. The van der Waals surface area contributed by atoms with Crippen molar-refractivity contribution >= 4 is 5.97 Å². The second-order valence-electron chi connectivity index (χ2n) is 4.65. The molecule has 0 bridgehead atoms. The van der Waals surface area contributed by atoms with Gasteiger partial charge in [-0.25, -0.2) is 0 Å². The molecule has 15 heavy (non-hydrogen) atoms. The highest BCUT2D eigenvalue weighted by Gasteiger charge is 2.57. The molecular weight excluding hydrogens is 194 g/mol. The van der Waals surface area contributed by atoms with Crippen LogP contribution in [0.4, 0.5) is 0 Å². The Morgan fingerprint density at radius 3 is 2.20 bits per heavy atom. The molecule has 1 rings (SSSR count). The smallest absolute Gasteiger partial charge is 0.327 e. The molecule has 0 aromatic heterocycles. The van der Waals surface area contributed by atoms with Crippen molar-refractivity contribution in [2.24, 2.45) is 0 Å². The predicted molar refractivity (Wildman–Crippen MR) is 57.8 cm³/mol. The molecule has 0 aliphatic heterocycles. The summed E-state index contributed by atoms with van der Waals surface area (Å²) in [7, 11) is 3.47. The van der Waals surface area contributed by atoms with Gasteiger partial charge in [-0.2, -0.15) is 0 Å². The lowest BCUT2D eigenvalue weighted by atomic mass is 9.67. The number of carboxylic acid groups (broad SMARTS) is 1. The number of carboxylic acids is 1. The summed E-state index contributed by atoms with van der Waals surface area (Å²) in [6.07, 6.45) is 3.37. The lowest BCUT2D eigenvalue weighted by Gasteiger charge is -2.50. The van der Waals surface area contributed by atoms with Crippen LogP contribution in [0.25, 0.3) is 0 Å². The normalized spacial score (nSPS) is 36.9. The van der Waals surface area contributed by atoms with Crippen LogP contribution >= 0.6 is 0 Å². The maximum absolute atomic E-state index is 11.5. The highest BCUT2D eigenvalue weighted by Crippen LogP contribution is 2.42. The van der Waals surface area contributed by atoms with Gasteiger partial charge in [-0.1, -0.05) is 19.8 Å². The second kappa shape index (κ2) is 4.10. The minimum atomic E-state index is -1.11. The number of nitrogens with zero attached hydrogens (tertiary/aromatic N) is 1. The third-order valence-corrected chi connectivity index (χ3v) is 3.85. The number of aliphatic hydroxyl groups is 1. The fourth-order valence-electron chi connectivity index (χ4n) is 2.84. The van der Waals surface area contributed by atoms with Gasteiger partial charge in [-0.15, -0.1) is 0 Å². The molecule has 1 aliphatic rings. The molecule has 4 heteroatoms. The lowest BCUT2D eigenvalue weighted by molar-refractivity contribution is -0.180. The average Bonchev–Trinajstić information content (AvgIpc) is 2.17. The summed E-state index contributed by atoms with van der Waals surface area (Å²) in [6.45, 7) is 1.85. The summed E-state index contributed by atoms with van der Waals surface area (Å²) in [6, 6.07) is 0. The van der Waals surface area contributed by atoms with E-state index in [1.165, 1.54) is 0 Å². The third-order valence-electron chi connectivity index (χ3n) is 3.85. The van der Waals surface area contributed by atoms with Crippen LogP contribution < -0.4 is 0 Å². The molecule has 1 aliphatic carbocycles. The molecule has 0 amide bonds. The van der Waals surface area contributed by atoms with Gasteiger partial charge in [0.2, 0.25) is 0 Å². The first-order valence-corrected chi connectivity index (χ1v) is 5.54. The van der Waals surface area contributed by atoms with Gasteiger partial charge in [0.25, 0.3) is 0 Å². The Bertz CT molecular complexity index is 254. The fraction of sp³-hybridized carbons (Fsp3) is 0.909. The third kappa shape index (κ3) is 1.66. The Balaban J connectivity index is 3.17. The van der Waals surface area contributed by atoms with Crippen LogP contribution in [-0.4, -0.2) is 46.3 Å². The van der Waals surface area contributed by atoms with Crippen molar-refractivity contribution in [3.63, 3.8) is 0 Å². The van der Waals surface area contributed by atoms with E-state index in [-0.39, 0.29) is 0 Å². The summed E-state index contributed by atoms with van der Waals surface area (Å²) in [5, 5.41) is 19.9. The van der Waals surface area contributed by atoms with E-state index in [1.807, 2.05) is 6.92 Å². The molecule has 0 aromatic rings.